The summed E-state index contributed by atoms with van der Waals surface area (Å²) in [5.41, 5.74) is 1.00. The maximum absolute atomic E-state index is 5.42. The van der Waals surface area contributed by atoms with E-state index in [0.717, 1.165) is 17.2 Å². The van der Waals surface area contributed by atoms with Crippen molar-refractivity contribution < 1.29 is 0 Å². The molecule has 4 heteroatoms. The van der Waals surface area contributed by atoms with Gasteiger partial charge in [-0.1, -0.05) is 24.4 Å². The molecule has 0 aliphatic rings. The van der Waals surface area contributed by atoms with Crippen LogP contribution in [0.3, 0.4) is 0 Å². The van der Waals surface area contributed by atoms with Crippen LogP contribution in [0.2, 0.25) is 0 Å². The Bertz CT molecular complexity index is 362. The van der Waals surface area contributed by atoms with Crippen molar-refractivity contribution in [1.29, 1.82) is 0 Å². The van der Waals surface area contributed by atoms with Crippen LogP contribution in [0.5, 0.6) is 0 Å². The van der Waals surface area contributed by atoms with Crippen molar-refractivity contribution in [2.45, 2.75) is 5.92 Å². The molecule has 0 saturated carbocycles. The first-order chi connectivity index (χ1) is 8.15. The highest BCUT2D eigenvalue weighted by atomic mass is 32.1. The van der Waals surface area contributed by atoms with Gasteiger partial charge in [-0.05, 0) is 26.2 Å². The van der Waals surface area contributed by atoms with Gasteiger partial charge in [0.25, 0.3) is 0 Å². The lowest BCUT2D eigenvalue weighted by Crippen LogP contribution is -2.34. The summed E-state index contributed by atoms with van der Waals surface area (Å²) in [6.07, 6.45) is 3.60. The molecule has 1 aromatic heterocycles. The average Bonchev–Trinajstić information content (AvgIpc) is 2.34. The van der Waals surface area contributed by atoms with Crippen LogP contribution in [-0.4, -0.2) is 42.1 Å². The highest BCUT2D eigenvalue weighted by Crippen LogP contribution is 2.15. The van der Waals surface area contributed by atoms with E-state index >= 15 is 0 Å². The third-order valence-corrected chi connectivity index (χ3v) is 2.76. The van der Waals surface area contributed by atoms with Gasteiger partial charge >= 0.3 is 0 Å². The van der Waals surface area contributed by atoms with Gasteiger partial charge in [-0.2, -0.15) is 0 Å². The zero-order chi connectivity index (χ0) is 12.7. The largest absolute Gasteiger partial charge is 0.376 e. The normalized spacial score (nSPS) is 12.2. The average molecular weight is 249 g/mol. The van der Waals surface area contributed by atoms with Crippen molar-refractivity contribution in [3.63, 3.8) is 0 Å². The van der Waals surface area contributed by atoms with Crippen LogP contribution in [-0.2, 0) is 0 Å². The molecule has 0 saturated heterocycles. The fourth-order valence-corrected chi connectivity index (χ4v) is 1.83. The monoisotopic (exact) mass is 249 g/mol. The quantitative estimate of drug-likeness (QED) is 0.615. The minimum absolute atomic E-state index is 0.126. The molecule has 1 atom stereocenters. The second kappa shape index (κ2) is 7.14. The van der Waals surface area contributed by atoms with Crippen LogP contribution in [0.15, 0.2) is 37.1 Å². The van der Waals surface area contributed by atoms with Crippen LogP contribution in [0, 0.1) is 0 Å². The Morgan fingerprint density at radius 1 is 1.59 bits per heavy atom. The lowest BCUT2D eigenvalue weighted by atomic mass is 10.0. The Morgan fingerprint density at radius 3 is 2.88 bits per heavy atom. The van der Waals surface area contributed by atoms with Crippen molar-refractivity contribution in [3.8, 4) is 0 Å². The number of nitrogens with zero attached hydrogens (tertiary/aromatic N) is 2. The van der Waals surface area contributed by atoms with Crippen LogP contribution in [0.4, 0.5) is 0 Å². The van der Waals surface area contributed by atoms with E-state index in [0.29, 0.717) is 6.54 Å². The van der Waals surface area contributed by atoms with Crippen molar-refractivity contribution >= 4 is 17.2 Å². The number of hydrogen-bond acceptors (Lipinski definition) is 3. The van der Waals surface area contributed by atoms with E-state index in [1.807, 2.05) is 32.3 Å². The lowest BCUT2D eigenvalue weighted by molar-refractivity contribution is 0.399. The first-order valence-electron chi connectivity index (χ1n) is 5.59. The first kappa shape index (κ1) is 13.8. The Kier molecular flexibility index (Phi) is 5.80. The Balaban J connectivity index is 2.80. The molecule has 0 amide bonds. The van der Waals surface area contributed by atoms with E-state index in [9.17, 15) is 0 Å². The number of nitrogens with one attached hydrogen (secondary N) is 1. The second-order valence-corrected chi connectivity index (χ2v) is 4.54. The van der Waals surface area contributed by atoms with Gasteiger partial charge in [-0.25, -0.2) is 0 Å². The van der Waals surface area contributed by atoms with E-state index < -0.39 is 0 Å². The van der Waals surface area contributed by atoms with E-state index in [1.54, 1.807) is 12.3 Å². The molecule has 1 aromatic rings. The van der Waals surface area contributed by atoms with Gasteiger partial charge in [0, 0.05) is 19.3 Å². The molecule has 1 heterocycles. The molecule has 1 rings (SSSR count). The summed E-state index contributed by atoms with van der Waals surface area (Å²) in [5, 5.41) is 3.18. The molecule has 3 nitrogen and oxygen atoms in total. The number of rotatable bonds is 6. The van der Waals surface area contributed by atoms with Gasteiger partial charge < -0.3 is 10.2 Å². The molecule has 0 aliphatic carbocycles. The van der Waals surface area contributed by atoms with Gasteiger partial charge in [0.2, 0.25) is 0 Å². The summed E-state index contributed by atoms with van der Waals surface area (Å²) in [5.74, 6) is 0.126. The Hall–Kier alpha value is -1.26. The summed E-state index contributed by atoms with van der Waals surface area (Å²) in [4.78, 5) is 7.31. The van der Waals surface area contributed by atoms with E-state index in [1.165, 1.54) is 0 Å². The Morgan fingerprint density at radius 2 is 2.35 bits per heavy atom. The summed E-state index contributed by atoms with van der Waals surface area (Å²) in [7, 11) is 4.07. The van der Waals surface area contributed by atoms with E-state index in [4.69, 9.17) is 12.2 Å². The van der Waals surface area contributed by atoms with E-state index in [2.05, 4.69) is 21.8 Å². The third-order valence-electron chi connectivity index (χ3n) is 2.33. The minimum Gasteiger partial charge on any atom is -0.376 e. The topological polar surface area (TPSA) is 28.2 Å². The van der Waals surface area contributed by atoms with Crippen molar-refractivity contribution in [2.24, 2.45) is 0 Å². The molecule has 0 radical (unpaired) electrons. The number of thiocarbonyl (C=S) groups is 1. The molecular formula is C13H19N3S. The molecule has 17 heavy (non-hydrogen) atoms. The second-order valence-electron chi connectivity index (χ2n) is 4.10. The molecule has 0 aromatic carbocycles. The van der Waals surface area contributed by atoms with Crippen molar-refractivity contribution in [3.05, 3.63) is 42.7 Å². The zero-order valence-electron chi connectivity index (χ0n) is 10.4. The fraction of sp³-hybridized carbons (Fsp3) is 0.385. The summed E-state index contributed by atoms with van der Waals surface area (Å²) in [6.45, 7) is 5.21. The smallest absolute Gasteiger partial charge is 0.0860 e. The number of likely N-dealkylation sites (N-methyl/N-ethyl adjacent to an activating group) is 1. The molecule has 0 bridgehead atoms. The minimum atomic E-state index is 0.126. The van der Waals surface area contributed by atoms with Gasteiger partial charge in [0.1, 0.15) is 0 Å². The fourth-order valence-electron chi connectivity index (χ4n) is 1.55. The summed E-state index contributed by atoms with van der Waals surface area (Å²) in [6, 6.07) is 5.91. The zero-order valence-corrected chi connectivity index (χ0v) is 11.2. The molecule has 92 valence electrons. The van der Waals surface area contributed by atoms with Crippen LogP contribution >= 0.6 is 12.2 Å². The maximum Gasteiger partial charge on any atom is 0.0860 e. The molecular weight excluding hydrogens is 230 g/mol. The van der Waals surface area contributed by atoms with Gasteiger partial charge in [-0.15, -0.1) is 6.58 Å². The molecule has 1 N–H and O–H groups in total. The van der Waals surface area contributed by atoms with Crippen LogP contribution < -0.4 is 5.32 Å². The number of aromatic nitrogens is 1. The Labute approximate surface area is 109 Å². The third kappa shape index (κ3) is 4.63. The highest BCUT2D eigenvalue weighted by molar-refractivity contribution is 7.80. The molecule has 0 aliphatic heterocycles. The SMILES string of the molecule is C=CCNC(=S)C(CN(C)C)c1ccccn1. The predicted molar refractivity (Wildman–Crippen MR) is 76.3 cm³/mol. The summed E-state index contributed by atoms with van der Waals surface area (Å²) < 4.78 is 0. The lowest BCUT2D eigenvalue weighted by Gasteiger charge is -2.22. The number of pyridine rings is 1. The molecule has 1 unspecified atom stereocenters. The standard InChI is InChI=1S/C13H19N3S/c1-4-8-15-13(17)11(10-16(2)3)12-7-5-6-9-14-12/h4-7,9,11H,1,8,10H2,2-3H3,(H,15,17). The van der Waals surface area contributed by atoms with Gasteiger partial charge in [0.15, 0.2) is 0 Å². The summed E-state index contributed by atoms with van der Waals surface area (Å²) >= 11 is 5.42. The van der Waals surface area contributed by atoms with Gasteiger partial charge in [-0.3, -0.25) is 4.98 Å². The predicted octanol–water partition coefficient (Wildman–Crippen LogP) is 1.83. The number of hydrogen-bond donors (Lipinski definition) is 1. The maximum atomic E-state index is 5.42. The highest BCUT2D eigenvalue weighted by Gasteiger charge is 2.18. The molecule has 0 spiro atoms. The van der Waals surface area contributed by atoms with Crippen molar-refractivity contribution in [2.75, 3.05) is 27.2 Å². The van der Waals surface area contributed by atoms with Crippen LogP contribution in [0.25, 0.3) is 0 Å². The van der Waals surface area contributed by atoms with Crippen molar-refractivity contribution in [1.82, 2.24) is 15.2 Å². The van der Waals surface area contributed by atoms with E-state index in [-0.39, 0.29) is 5.92 Å². The van der Waals surface area contributed by atoms with Gasteiger partial charge in [0.05, 0.1) is 16.6 Å². The first-order valence-corrected chi connectivity index (χ1v) is 6.00. The van der Waals surface area contributed by atoms with Crippen LogP contribution in [0.1, 0.15) is 11.6 Å². The molecule has 0 fully saturated rings.